The molecule has 0 bridgehead atoms. The Hall–Kier alpha value is -2.46. The van der Waals surface area contributed by atoms with Crippen LogP contribution in [0, 0.1) is 17.8 Å². The Kier molecular flexibility index (Phi) is 69.1. The van der Waals surface area contributed by atoms with E-state index in [2.05, 4.69) is 72.8 Å². The molecule has 0 aromatic carbocycles. The van der Waals surface area contributed by atoms with Crippen molar-refractivity contribution in [1.29, 1.82) is 0 Å². The number of allylic oxidation sites excluding steroid dienone is 4. The first-order valence-electron chi connectivity index (χ1n) is 41.2. The fraction of sp³-hybridized carbons (Fsp3) is 0.901. The second kappa shape index (κ2) is 70.8. The molecule has 0 aromatic rings. The number of phosphoric ester groups is 2. The zero-order valence-corrected chi connectivity index (χ0v) is 66.9. The summed E-state index contributed by atoms with van der Waals surface area (Å²) in [7, 11) is -9.93. The molecule has 0 heterocycles. The molecule has 0 saturated carbocycles. The molecular weight excluding hydrogens is 1310 g/mol. The molecule has 0 fully saturated rings. The molecular formula is C81H154O17P2. The van der Waals surface area contributed by atoms with E-state index in [0.29, 0.717) is 25.7 Å². The van der Waals surface area contributed by atoms with E-state index in [1.165, 1.54) is 186 Å². The summed E-state index contributed by atoms with van der Waals surface area (Å²) < 4.78 is 68.7. The van der Waals surface area contributed by atoms with Crippen LogP contribution in [0.2, 0.25) is 0 Å². The topological polar surface area (TPSA) is 237 Å². The Labute approximate surface area is 612 Å². The van der Waals surface area contributed by atoms with Crippen molar-refractivity contribution in [1.82, 2.24) is 0 Å². The van der Waals surface area contributed by atoms with Gasteiger partial charge in [0, 0.05) is 25.7 Å². The lowest BCUT2D eigenvalue weighted by atomic mass is 10.0. The van der Waals surface area contributed by atoms with Crippen LogP contribution in [0.4, 0.5) is 0 Å². The Morgan fingerprint density at radius 2 is 0.540 bits per heavy atom. The van der Waals surface area contributed by atoms with Gasteiger partial charge in [-0.3, -0.25) is 37.3 Å². The van der Waals surface area contributed by atoms with Gasteiger partial charge in [-0.1, -0.05) is 342 Å². The van der Waals surface area contributed by atoms with E-state index in [9.17, 15) is 43.2 Å². The number of carbonyl (C=O) groups is 4. The van der Waals surface area contributed by atoms with Gasteiger partial charge in [-0.2, -0.15) is 0 Å². The molecule has 3 N–H and O–H groups in total. The molecule has 0 aromatic heterocycles. The van der Waals surface area contributed by atoms with Gasteiger partial charge in [0.15, 0.2) is 12.2 Å². The molecule has 0 amide bonds. The number of hydrogen-bond acceptors (Lipinski definition) is 15. The lowest BCUT2D eigenvalue weighted by molar-refractivity contribution is -0.161. The molecule has 590 valence electrons. The van der Waals surface area contributed by atoms with Crippen molar-refractivity contribution in [2.24, 2.45) is 17.8 Å². The second-order valence-corrected chi connectivity index (χ2v) is 32.8. The summed E-state index contributed by atoms with van der Waals surface area (Å²) >= 11 is 0. The van der Waals surface area contributed by atoms with Crippen LogP contribution in [-0.4, -0.2) is 96.7 Å². The maximum Gasteiger partial charge on any atom is 0.472 e. The molecule has 2 unspecified atom stereocenters. The maximum atomic E-state index is 13.1. The van der Waals surface area contributed by atoms with Crippen molar-refractivity contribution in [2.75, 3.05) is 39.6 Å². The Balaban J connectivity index is 5.29. The van der Waals surface area contributed by atoms with E-state index in [1.54, 1.807) is 0 Å². The number of ether oxygens (including phenoxy) is 4. The van der Waals surface area contributed by atoms with E-state index in [1.807, 2.05) is 0 Å². The summed E-state index contributed by atoms with van der Waals surface area (Å²) in [6, 6.07) is 0. The molecule has 0 spiro atoms. The van der Waals surface area contributed by atoms with Gasteiger partial charge in [0.25, 0.3) is 0 Å². The van der Waals surface area contributed by atoms with Crippen LogP contribution in [-0.2, 0) is 65.4 Å². The Bertz CT molecular complexity index is 2030. The van der Waals surface area contributed by atoms with Crippen LogP contribution in [0.5, 0.6) is 0 Å². The highest BCUT2D eigenvalue weighted by Crippen LogP contribution is 2.45. The summed E-state index contributed by atoms with van der Waals surface area (Å²) in [5.74, 6) is 0.173. The van der Waals surface area contributed by atoms with Gasteiger partial charge in [-0.15, -0.1) is 0 Å². The summed E-state index contributed by atoms with van der Waals surface area (Å²) in [6.45, 7) is 11.9. The molecule has 0 radical (unpaired) electrons. The van der Waals surface area contributed by atoms with Gasteiger partial charge in [-0.05, 0) is 69.1 Å². The van der Waals surface area contributed by atoms with Crippen molar-refractivity contribution < 1.29 is 80.2 Å². The number of carbonyl (C=O) groups excluding carboxylic acids is 4. The smallest absolute Gasteiger partial charge is 0.462 e. The number of phosphoric acid groups is 2. The lowest BCUT2D eigenvalue weighted by Gasteiger charge is -2.21. The highest BCUT2D eigenvalue weighted by atomic mass is 31.2. The van der Waals surface area contributed by atoms with Gasteiger partial charge in [0.05, 0.1) is 26.4 Å². The number of aliphatic hydroxyl groups excluding tert-OH is 1. The monoisotopic (exact) mass is 1460 g/mol. The SMILES string of the molecule is CCCCCC/C=C\C=C/CCCCCCCC(=O)O[C@H](COC(=O)CCCCCCCCCCC(C)C)COP(=O)(O)OC[C@H](O)COP(=O)(O)OC[C@@H](COC(=O)CCCCCCCCCCCCCCCCC(C)C)OC(=O)CCCCCCCCCCCCCCCCC(C)C. The van der Waals surface area contributed by atoms with Crippen LogP contribution < -0.4 is 0 Å². The van der Waals surface area contributed by atoms with Crippen LogP contribution in [0.25, 0.3) is 0 Å². The standard InChI is InChI=1S/C81H154O17P2/c1-8-9-10-11-12-13-14-15-16-24-29-34-43-50-57-64-81(86)98-77(69-92-79(84)63-56-49-42-37-36-40-47-54-61-74(6)7)71-96-100(89,90)94-67-75(82)66-93-99(87,88)95-70-76(97-80(85)65-58-51-44-35-30-25-20-18-22-27-32-39-46-53-60-73(4)5)68-91-78(83)62-55-48-41-33-28-23-19-17-21-26-31-38-45-52-59-72(2)3/h13-16,72-77,82H,8-12,17-71H2,1-7H3,(H,87,88)(H,89,90)/b14-13-,16-15-/t75-,76-,77-/m1/s1. The summed E-state index contributed by atoms with van der Waals surface area (Å²) in [5, 5.41) is 10.6. The first-order valence-corrected chi connectivity index (χ1v) is 44.2. The molecule has 0 aliphatic heterocycles. The van der Waals surface area contributed by atoms with E-state index in [4.69, 9.17) is 37.0 Å². The molecule has 0 aliphatic carbocycles. The number of aliphatic hydroxyl groups is 1. The third-order valence-corrected chi connectivity index (χ3v) is 20.2. The quantitative estimate of drug-likeness (QED) is 0.0169. The Morgan fingerprint density at radius 1 is 0.310 bits per heavy atom. The maximum absolute atomic E-state index is 13.1. The van der Waals surface area contributed by atoms with Crippen molar-refractivity contribution in [2.45, 2.75) is 414 Å². The summed E-state index contributed by atoms with van der Waals surface area (Å²) in [4.78, 5) is 73.0. The molecule has 0 aliphatic rings. The number of unbranched alkanes of at least 4 members (excludes halogenated alkanes) is 42. The number of esters is 4. The van der Waals surface area contributed by atoms with Crippen LogP contribution in [0.3, 0.4) is 0 Å². The van der Waals surface area contributed by atoms with Gasteiger partial charge in [0.2, 0.25) is 0 Å². The van der Waals surface area contributed by atoms with Gasteiger partial charge < -0.3 is 33.8 Å². The van der Waals surface area contributed by atoms with Crippen LogP contribution >= 0.6 is 15.6 Å². The van der Waals surface area contributed by atoms with E-state index < -0.39 is 97.5 Å². The zero-order valence-electron chi connectivity index (χ0n) is 65.2. The van der Waals surface area contributed by atoms with Gasteiger partial charge in [0.1, 0.15) is 19.3 Å². The van der Waals surface area contributed by atoms with E-state index >= 15 is 0 Å². The fourth-order valence-corrected chi connectivity index (χ4v) is 13.5. The highest BCUT2D eigenvalue weighted by molar-refractivity contribution is 7.47. The summed E-state index contributed by atoms with van der Waals surface area (Å²) in [5.41, 5.74) is 0. The van der Waals surface area contributed by atoms with Crippen LogP contribution in [0.1, 0.15) is 395 Å². The van der Waals surface area contributed by atoms with Crippen molar-refractivity contribution in [3.8, 4) is 0 Å². The van der Waals surface area contributed by atoms with E-state index in [0.717, 1.165) is 127 Å². The van der Waals surface area contributed by atoms with Gasteiger partial charge in [-0.25, -0.2) is 9.13 Å². The summed E-state index contributed by atoms with van der Waals surface area (Å²) in [6.07, 6.45) is 61.8. The minimum Gasteiger partial charge on any atom is -0.462 e. The predicted octanol–water partition coefficient (Wildman–Crippen LogP) is 23.7. The minimum atomic E-state index is -4.97. The molecule has 19 heteroatoms. The number of hydrogen-bond donors (Lipinski definition) is 3. The normalized spacial score (nSPS) is 14.1. The van der Waals surface area contributed by atoms with E-state index in [-0.39, 0.29) is 25.7 Å². The predicted molar refractivity (Wildman–Crippen MR) is 409 cm³/mol. The Morgan fingerprint density at radius 3 is 0.810 bits per heavy atom. The molecule has 5 atom stereocenters. The average molecular weight is 1460 g/mol. The fourth-order valence-electron chi connectivity index (χ4n) is 11.9. The molecule has 0 rings (SSSR count). The first kappa shape index (κ1) is 97.5. The van der Waals surface area contributed by atoms with Gasteiger partial charge >= 0.3 is 39.5 Å². The largest absolute Gasteiger partial charge is 0.472 e. The molecule has 100 heavy (non-hydrogen) atoms. The molecule has 17 nitrogen and oxygen atoms in total. The third-order valence-electron chi connectivity index (χ3n) is 18.3. The third kappa shape index (κ3) is 73.8. The highest BCUT2D eigenvalue weighted by Gasteiger charge is 2.30. The van der Waals surface area contributed by atoms with Crippen LogP contribution in [0.15, 0.2) is 24.3 Å². The second-order valence-electron chi connectivity index (χ2n) is 29.9. The zero-order chi connectivity index (χ0) is 73.7. The first-order chi connectivity index (χ1) is 48.2. The average Bonchev–Trinajstić information content (AvgIpc) is 0.931. The lowest BCUT2D eigenvalue weighted by Crippen LogP contribution is -2.30. The number of rotatable bonds is 77. The van der Waals surface area contributed by atoms with Crippen molar-refractivity contribution >= 4 is 39.5 Å². The van der Waals surface area contributed by atoms with Crippen molar-refractivity contribution in [3.63, 3.8) is 0 Å². The van der Waals surface area contributed by atoms with Crippen molar-refractivity contribution in [3.05, 3.63) is 24.3 Å². The molecule has 0 saturated heterocycles. The minimum absolute atomic E-state index is 0.0844.